The zero-order valence-electron chi connectivity index (χ0n) is 5.36. The summed E-state index contributed by atoms with van der Waals surface area (Å²) >= 11 is 1.78. The fourth-order valence-electron chi connectivity index (χ4n) is 0.903. The minimum absolute atomic E-state index is 0.218. The summed E-state index contributed by atoms with van der Waals surface area (Å²) in [5.41, 5.74) is 0. The Morgan fingerprint density at radius 1 is 1.70 bits per heavy atom. The van der Waals surface area contributed by atoms with Crippen LogP contribution in [0.5, 0.6) is 0 Å². The van der Waals surface area contributed by atoms with Crippen LogP contribution in [0.1, 0.15) is 11.1 Å². The largest absolute Gasteiger partial charge is 0.466 e. The van der Waals surface area contributed by atoms with Crippen LogP contribution in [0.25, 0.3) is 0 Å². The summed E-state index contributed by atoms with van der Waals surface area (Å²) < 4.78 is 5.18. The van der Waals surface area contributed by atoms with Gasteiger partial charge in [0.1, 0.15) is 5.76 Å². The van der Waals surface area contributed by atoms with Gasteiger partial charge in [0.05, 0.1) is 6.26 Å². The Hall–Kier alpha value is -0.700. The maximum absolute atomic E-state index is 5.18. The summed E-state index contributed by atoms with van der Waals surface area (Å²) in [4.78, 5) is 4.22. The molecule has 3 heteroatoms. The molecule has 0 aliphatic carbocycles. The Kier molecular flexibility index (Phi) is 1.51. The molecule has 0 spiro atoms. The van der Waals surface area contributed by atoms with Crippen molar-refractivity contribution in [3.8, 4) is 0 Å². The summed E-state index contributed by atoms with van der Waals surface area (Å²) in [5, 5.41) is 0.218. The van der Waals surface area contributed by atoms with Gasteiger partial charge in [0.25, 0.3) is 0 Å². The summed E-state index contributed by atoms with van der Waals surface area (Å²) in [5.74, 6) is 1.96. The lowest BCUT2D eigenvalue weighted by Gasteiger charge is -1.98. The van der Waals surface area contributed by atoms with Crippen LogP contribution in [0.3, 0.4) is 0 Å². The molecule has 2 nitrogen and oxygen atoms in total. The molecule has 10 heavy (non-hydrogen) atoms. The highest BCUT2D eigenvalue weighted by Gasteiger charge is 2.15. The van der Waals surface area contributed by atoms with Crippen LogP contribution in [0.2, 0.25) is 0 Å². The minimum atomic E-state index is 0.218. The third-order valence-electron chi connectivity index (χ3n) is 1.36. The average Bonchev–Trinajstić information content (AvgIpc) is 2.59. The Morgan fingerprint density at radius 3 is 3.30 bits per heavy atom. The Balaban J connectivity index is 2.20. The van der Waals surface area contributed by atoms with Gasteiger partial charge in [-0.05, 0) is 12.1 Å². The van der Waals surface area contributed by atoms with Crippen LogP contribution in [-0.2, 0) is 0 Å². The van der Waals surface area contributed by atoms with E-state index in [1.807, 2.05) is 18.3 Å². The van der Waals surface area contributed by atoms with Crippen molar-refractivity contribution in [3.63, 3.8) is 0 Å². The van der Waals surface area contributed by atoms with E-state index >= 15 is 0 Å². The highest BCUT2D eigenvalue weighted by Crippen LogP contribution is 2.32. The number of aliphatic imine (C=N–C) groups is 1. The van der Waals surface area contributed by atoms with Gasteiger partial charge in [-0.25, -0.2) is 0 Å². The second-order valence-corrected chi connectivity index (χ2v) is 3.15. The smallest absolute Gasteiger partial charge is 0.153 e. The molecule has 1 aromatic heterocycles. The Morgan fingerprint density at radius 2 is 2.70 bits per heavy atom. The van der Waals surface area contributed by atoms with Crippen molar-refractivity contribution >= 4 is 18.0 Å². The Labute approximate surface area is 63.3 Å². The van der Waals surface area contributed by atoms with Gasteiger partial charge in [0, 0.05) is 12.0 Å². The fraction of sp³-hybridized carbons (Fsp3) is 0.286. The molecule has 52 valence electrons. The molecule has 1 aliphatic rings. The number of hydrogen-bond donors (Lipinski definition) is 0. The summed E-state index contributed by atoms with van der Waals surface area (Å²) in [7, 11) is 0. The van der Waals surface area contributed by atoms with E-state index in [-0.39, 0.29) is 5.37 Å². The fourth-order valence-corrected chi connectivity index (χ4v) is 1.73. The molecule has 0 N–H and O–H groups in total. The number of nitrogens with zero attached hydrogens (tertiary/aromatic N) is 1. The van der Waals surface area contributed by atoms with Crippen LogP contribution < -0.4 is 0 Å². The molecular weight excluding hydrogens is 146 g/mol. The number of thioether (sulfide) groups is 1. The molecule has 0 fully saturated rings. The van der Waals surface area contributed by atoms with Crippen molar-refractivity contribution in [1.82, 2.24) is 0 Å². The predicted octanol–water partition coefficient (Wildman–Crippen LogP) is 2.10. The molecule has 1 atom stereocenters. The summed E-state index contributed by atoms with van der Waals surface area (Å²) in [6.07, 6.45) is 3.61. The maximum Gasteiger partial charge on any atom is 0.153 e. The van der Waals surface area contributed by atoms with Gasteiger partial charge in [-0.15, -0.1) is 11.8 Å². The lowest BCUT2D eigenvalue weighted by Crippen LogP contribution is -1.80. The molecule has 1 unspecified atom stereocenters. The van der Waals surface area contributed by atoms with Crippen LogP contribution in [0.4, 0.5) is 0 Å². The van der Waals surface area contributed by atoms with E-state index in [0.29, 0.717) is 0 Å². The predicted molar refractivity (Wildman–Crippen MR) is 42.4 cm³/mol. The maximum atomic E-state index is 5.18. The second-order valence-electron chi connectivity index (χ2n) is 2.03. The van der Waals surface area contributed by atoms with E-state index < -0.39 is 0 Å². The van der Waals surface area contributed by atoms with Crippen molar-refractivity contribution in [2.45, 2.75) is 5.37 Å². The highest BCUT2D eigenvalue weighted by molar-refractivity contribution is 8.00. The van der Waals surface area contributed by atoms with Crippen LogP contribution in [0, 0.1) is 0 Å². The van der Waals surface area contributed by atoms with Crippen LogP contribution in [-0.4, -0.2) is 12.0 Å². The SMILES string of the molecule is C1=NC(c2ccco2)SC1. The molecule has 0 amide bonds. The molecule has 2 rings (SSSR count). The van der Waals surface area contributed by atoms with Crippen LogP contribution >= 0.6 is 11.8 Å². The van der Waals surface area contributed by atoms with Crippen molar-refractivity contribution in [2.75, 3.05) is 5.75 Å². The first-order chi connectivity index (χ1) is 4.97. The van der Waals surface area contributed by atoms with Gasteiger partial charge >= 0.3 is 0 Å². The third kappa shape index (κ3) is 0.968. The van der Waals surface area contributed by atoms with Gasteiger partial charge in [-0.3, -0.25) is 4.99 Å². The molecule has 0 saturated heterocycles. The molecule has 0 aromatic carbocycles. The molecule has 1 aromatic rings. The lowest BCUT2D eigenvalue weighted by atomic mass is 10.4. The molecule has 2 heterocycles. The quantitative estimate of drug-likeness (QED) is 0.617. The van der Waals surface area contributed by atoms with E-state index in [4.69, 9.17) is 4.42 Å². The van der Waals surface area contributed by atoms with Crippen molar-refractivity contribution in [1.29, 1.82) is 0 Å². The van der Waals surface area contributed by atoms with Gasteiger partial charge in [0.2, 0.25) is 0 Å². The van der Waals surface area contributed by atoms with Gasteiger partial charge in [0.15, 0.2) is 5.37 Å². The number of hydrogen-bond acceptors (Lipinski definition) is 3. The van der Waals surface area contributed by atoms with Crippen molar-refractivity contribution in [2.24, 2.45) is 4.99 Å². The molecular formula is C7H7NOS. The summed E-state index contributed by atoms with van der Waals surface area (Å²) in [6.45, 7) is 0. The van der Waals surface area contributed by atoms with E-state index in [2.05, 4.69) is 4.99 Å². The number of furan rings is 1. The van der Waals surface area contributed by atoms with E-state index in [0.717, 1.165) is 11.5 Å². The summed E-state index contributed by atoms with van der Waals surface area (Å²) in [6, 6.07) is 3.85. The van der Waals surface area contributed by atoms with Crippen molar-refractivity contribution < 1.29 is 4.42 Å². The van der Waals surface area contributed by atoms with Gasteiger partial charge < -0.3 is 4.42 Å². The first kappa shape index (κ1) is 6.04. The van der Waals surface area contributed by atoms with Gasteiger partial charge in [-0.2, -0.15) is 0 Å². The van der Waals surface area contributed by atoms with E-state index in [1.165, 1.54) is 0 Å². The van der Waals surface area contributed by atoms with E-state index in [1.54, 1.807) is 18.0 Å². The van der Waals surface area contributed by atoms with E-state index in [9.17, 15) is 0 Å². The molecule has 0 saturated carbocycles. The molecule has 0 radical (unpaired) electrons. The second kappa shape index (κ2) is 2.50. The monoisotopic (exact) mass is 153 g/mol. The minimum Gasteiger partial charge on any atom is -0.466 e. The van der Waals surface area contributed by atoms with Crippen LogP contribution in [0.15, 0.2) is 27.8 Å². The first-order valence-electron chi connectivity index (χ1n) is 3.13. The average molecular weight is 153 g/mol. The normalized spacial score (nSPS) is 23.8. The molecule has 0 bridgehead atoms. The number of rotatable bonds is 1. The molecule has 1 aliphatic heterocycles. The topological polar surface area (TPSA) is 25.5 Å². The standard InChI is InChI=1S/C7H7NOS/c1-2-6(9-4-1)7-8-3-5-10-7/h1-4,7H,5H2. The lowest BCUT2D eigenvalue weighted by molar-refractivity contribution is 0.510. The van der Waals surface area contributed by atoms with Crippen molar-refractivity contribution in [3.05, 3.63) is 24.2 Å². The van der Waals surface area contributed by atoms with Gasteiger partial charge in [-0.1, -0.05) is 0 Å². The zero-order chi connectivity index (χ0) is 6.81. The highest BCUT2D eigenvalue weighted by atomic mass is 32.2. The first-order valence-corrected chi connectivity index (χ1v) is 4.18. The zero-order valence-corrected chi connectivity index (χ0v) is 6.17. The third-order valence-corrected chi connectivity index (χ3v) is 2.37. The Bertz CT molecular complexity index is 230.